The lowest BCUT2D eigenvalue weighted by atomic mass is 10.3. The third-order valence-electron chi connectivity index (χ3n) is 1.79. The molecular formula is C10H20N2OS. The normalized spacial score (nSPS) is 12.1. The van der Waals surface area contributed by atoms with Gasteiger partial charge in [0.25, 0.3) is 0 Å². The van der Waals surface area contributed by atoms with Gasteiger partial charge < -0.3 is 10.6 Å². The van der Waals surface area contributed by atoms with Crippen LogP contribution in [0.25, 0.3) is 0 Å². The van der Waals surface area contributed by atoms with Crippen molar-refractivity contribution in [1.82, 2.24) is 10.6 Å². The van der Waals surface area contributed by atoms with Crippen LogP contribution in [0.2, 0.25) is 0 Å². The molecule has 0 aliphatic rings. The second-order valence-electron chi connectivity index (χ2n) is 3.06. The number of hydrogen-bond acceptors (Lipinski definition) is 3. The van der Waals surface area contributed by atoms with Crippen LogP contribution in [0.1, 0.15) is 13.3 Å². The van der Waals surface area contributed by atoms with Crippen molar-refractivity contribution in [2.24, 2.45) is 0 Å². The summed E-state index contributed by atoms with van der Waals surface area (Å²) in [4.78, 5) is 11.3. The zero-order chi connectivity index (χ0) is 10.8. The Balaban J connectivity index is 3.46. The number of carbonyl (C=O) groups is 1. The minimum absolute atomic E-state index is 0.0362. The van der Waals surface area contributed by atoms with Gasteiger partial charge in [0, 0.05) is 6.54 Å². The average Bonchev–Trinajstić information content (AvgIpc) is 2.20. The molecule has 0 radical (unpaired) electrons. The van der Waals surface area contributed by atoms with Gasteiger partial charge in [0.05, 0.1) is 6.04 Å². The fourth-order valence-electron chi connectivity index (χ4n) is 0.954. The smallest absolute Gasteiger partial charge is 0.237 e. The van der Waals surface area contributed by atoms with Crippen molar-refractivity contribution < 1.29 is 4.79 Å². The van der Waals surface area contributed by atoms with Crippen molar-refractivity contribution in [3.63, 3.8) is 0 Å². The molecule has 0 bridgehead atoms. The predicted octanol–water partition coefficient (Wildman–Crippen LogP) is 1.02. The second kappa shape index (κ2) is 9.09. The van der Waals surface area contributed by atoms with Crippen LogP contribution in [0, 0.1) is 0 Å². The van der Waals surface area contributed by atoms with Crippen LogP contribution >= 0.6 is 11.8 Å². The molecule has 0 aliphatic carbocycles. The van der Waals surface area contributed by atoms with E-state index in [4.69, 9.17) is 0 Å². The van der Waals surface area contributed by atoms with Crippen molar-refractivity contribution in [2.45, 2.75) is 19.4 Å². The summed E-state index contributed by atoms with van der Waals surface area (Å²) in [5.74, 6) is 1.17. The molecule has 82 valence electrons. The van der Waals surface area contributed by atoms with Crippen molar-refractivity contribution in [3.05, 3.63) is 12.7 Å². The summed E-state index contributed by atoms with van der Waals surface area (Å²) in [6, 6.07) is -0.114. The molecule has 4 heteroatoms. The molecule has 1 amide bonds. The monoisotopic (exact) mass is 216 g/mol. The van der Waals surface area contributed by atoms with Gasteiger partial charge in [-0.05, 0) is 31.9 Å². The first-order valence-corrected chi connectivity index (χ1v) is 6.22. The third kappa shape index (κ3) is 6.97. The van der Waals surface area contributed by atoms with Gasteiger partial charge in [-0.2, -0.15) is 11.8 Å². The maximum absolute atomic E-state index is 11.3. The standard InChI is InChI=1S/C10H20N2OS/c1-4-6-12-10(13)9(2)11-7-5-8-14-3/h4,9,11H,1,5-8H2,2-3H3,(H,12,13). The van der Waals surface area contributed by atoms with E-state index in [0.717, 1.165) is 18.7 Å². The Morgan fingerprint density at radius 2 is 2.36 bits per heavy atom. The van der Waals surface area contributed by atoms with Gasteiger partial charge in [-0.15, -0.1) is 6.58 Å². The molecule has 3 nitrogen and oxygen atoms in total. The number of rotatable bonds is 8. The Bertz CT molecular complexity index is 174. The van der Waals surface area contributed by atoms with Gasteiger partial charge in [-0.1, -0.05) is 6.08 Å². The van der Waals surface area contributed by atoms with Crippen LogP contribution < -0.4 is 10.6 Å². The molecule has 0 heterocycles. The van der Waals surface area contributed by atoms with Gasteiger partial charge in [-0.25, -0.2) is 0 Å². The van der Waals surface area contributed by atoms with E-state index >= 15 is 0 Å². The summed E-state index contributed by atoms with van der Waals surface area (Å²) in [6.07, 6.45) is 4.86. The highest BCUT2D eigenvalue weighted by molar-refractivity contribution is 7.98. The minimum Gasteiger partial charge on any atom is -0.351 e. The van der Waals surface area contributed by atoms with Crippen LogP contribution in [0.5, 0.6) is 0 Å². The molecule has 1 atom stereocenters. The third-order valence-corrected chi connectivity index (χ3v) is 2.49. The van der Waals surface area contributed by atoms with E-state index in [-0.39, 0.29) is 11.9 Å². The van der Waals surface area contributed by atoms with E-state index in [1.165, 1.54) is 0 Å². The summed E-state index contributed by atoms with van der Waals surface area (Å²) in [5, 5.41) is 5.91. The highest BCUT2D eigenvalue weighted by atomic mass is 32.2. The lowest BCUT2D eigenvalue weighted by Gasteiger charge is -2.12. The van der Waals surface area contributed by atoms with Crippen LogP contribution in [0.3, 0.4) is 0 Å². The van der Waals surface area contributed by atoms with Crippen LogP contribution in [0.15, 0.2) is 12.7 Å². The average molecular weight is 216 g/mol. The van der Waals surface area contributed by atoms with E-state index in [1.807, 2.05) is 18.7 Å². The molecule has 1 unspecified atom stereocenters. The Morgan fingerprint density at radius 1 is 1.64 bits per heavy atom. The molecule has 0 aliphatic heterocycles. The molecular weight excluding hydrogens is 196 g/mol. The molecule has 0 fully saturated rings. The number of nitrogens with one attached hydrogen (secondary N) is 2. The quantitative estimate of drug-likeness (QED) is 0.470. The zero-order valence-corrected chi connectivity index (χ0v) is 9.82. The first kappa shape index (κ1) is 13.5. The molecule has 2 N–H and O–H groups in total. The van der Waals surface area contributed by atoms with E-state index in [2.05, 4.69) is 23.5 Å². The lowest BCUT2D eigenvalue weighted by molar-refractivity contribution is -0.122. The number of amides is 1. The van der Waals surface area contributed by atoms with Crippen LogP contribution in [0.4, 0.5) is 0 Å². The van der Waals surface area contributed by atoms with Gasteiger partial charge in [-0.3, -0.25) is 4.79 Å². The molecule has 0 aromatic rings. The van der Waals surface area contributed by atoms with Crippen molar-refractivity contribution in [3.8, 4) is 0 Å². The predicted molar refractivity (Wildman–Crippen MR) is 63.7 cm³/mol. The van der Waals surface area contributed by atoms with E-state index < -0.39 is 0 Å². The maximum Gasteiger partial charge on any atom is 0.237 e. The van der Waals surface area contributed by atoms with E-state index in [0.29, 0.717) is 6.54 Å². The largest absolute Gasteiger partial charge is 0.351 e. The highest BCUT2D eigenvalue weighted by Crippen LogP contribution is 1.94. The lowest BCUT2D eigenvalue weighted by Crippen LogP contribution is -2.42. The van der Waals surface area contributed by atoms with Gasteiger partial charge >= 0.3 is 0 Å². The Morgan fingerprint density at radius 3 is 2.93 bits per heavy atom. The van der Waals surface area contributed by atoms with Crippen LogP contribution in [-0.2, 0) is 4.79 Å². The summed E-state index contributed by atoms with van der Waals surface area (Å²) in [6.45, 7) is 6.84. The Kier molecular flexibility index (Phi) is 8.78. The summed E-state index contributed by atoms with van der Waals surface area (Å²) >= 11 is 1.82. The Labute approximate surface area is 90.7 Å². The summed E-state index contributed by atoms with van der Waals surface area (Å²) < 4.78 is 0. The fraction of sp³-hybridized carbons (Fsp3) is 0.700. The minimum atomic E-state index is -0.114. The summed E-state index contributed by atoms with van der Waals surface area (Å²) in [7, 11) is 0. The van der Waals surface area contributed by atoms with Gasteiger partial charge in [0.15, 0.2) is 0 Å². The fourth-order valence-corrected chi connectivity index (χ4v) is 1.39. The topological polar surface area (TPSA) is 41.1 Å². The molecule has 0 spiro atoms. The molecule has 0 rings (SSSR count). The molecule has 0 aromatic heterocycles. The SMILES string of the molecule is C=CCNC(=O)C(C)NCCCSC. The molecule has 14 heavy (non-hydrogen) atoms. The Hall–Kier alpha value is -0.480. The second-order valence-corrected chi connectivity index (χ2v) is 4.04. The van der Waals surface area contributed by atoms with E-state index in [9.17, 15) is 4.79 Å². The van der Waals surface area contributed by atoms with Gasteiger partial charge in [0.2, 0.25) is 5.91 Å². The number of thioether (sulfide) groups is 1. The van der Waals surface area contributed by atoms with Gasteiger partial charge in [0.1, 0.15) is 0 Å². The van der Waals surface area contributed by atoms with Crippen molar-refractivity contribution in [1.29, 1.82) is 0 Å². The van der Waals surface area contributed by atoms with E-state index in [1.54, 1.807) is 6.08 Å². The number of hydrogen-bond donors (Lipinski definition) is 2. The van der Waals surface area contributed by atoms with Crippen LogP contribution in [-0.4, -0.2) is 37.0 Å². The maximum atomic E-state index is 11.3. The zero-order valence-electron chi connectivity index (χ0n) is 9.01. The van der Waals surface area contributed by atoms with Crippen molar-refractivity contribution in [2.75, 3.05) is 25.1 Å². The summed E-state index contributed by atoms with van der Waals surface area (Å²) in [5.41, 5.74) is 0. The molecule has 0 saturated carbocycles. The molecule has 0 saturated heterocycles. The molecule has 0 aromatic carbocycles. The first-order chi connectivity index (χ1) is 6.72. The number of carbonyl (C=O) groups excluding carboxylic acids is 1. The first-order valence-electron chi connectivity index (χ1n) is 4.83. The highest BCUT2D eigenvalue weighted by Gasteiger charge is 2.09. The van der Waals surface area contributed by atoms with Crippen molar-refractivity contribution >= 4 is 17.7 Å².